The molecule has 0 aliphatic carbocycles. The smallest absolute Gasteiger partial charge is 0.311 e. The summed E-state index contributed by atoms with van der Waals surface area (Å²) in [5.74, 6) is 5.39. The molecule has 1 saturated heterocycles. The molecule has 0 unspecified atom stereocenters. The molecule has 2 aromatic rings. The van der Waals surface area contributed by atoms with Crippen molar-refractivity contribution >= 4 is 27.6 Å². The highest BCUT2D eigenvalue weighted by atomic mass is 32.1. The molecule has 10 nitrogen and oxygen atoms in total. The molecule has 3 atom stereocenters. The van der Waals surface area contributed by atoms with Crippen LogP contribution in [-0.2, 0) is 4.74 Å². The molecule has 1 aliphatic heterocycles. The molecular formula is C14H23N7O3S. The molecule has 138 valence electrons. The minimum Gasteiger partial charge on any atom is -0.335 e. The van der Waals surface area contributed by atoms with Crippen molar-refractivity contribution in [3.8, 4) is 0 Å². The summed E-state index contributed by atoms with van der Waals surface area (Å²) in [6.07, 6.45) is 1.58. The lowest BCUT2D eigenvalue weighted by atomic mass is 9.88. The van der Waals surface area contributed by atoms with E-state index in [1.807, 2.05) is 13.8 Å². The van der Waals surface area contributed by atoms with Gasteiger partial charge in [-0.2, -0.15) is 4.98 Å². The molecule has 8 N–H and O–H groups in total. The molecule has 1 aliphatic rings. The van der Waals surface area contributed by atoms with Crippen molar-refractivity contribution in [1.82, 2.24) is 14.5 Å². The van der Waals surface area contributed by atoms with Gasteiger partial charge in [0.2, 0.25) is 5.95 Å². The highest BCUT2D eigenvalue weighted by molar-refractivity contribution is 7.16. The average Bonchev–Trinajstić information content (AvgIpc) is 3.01. The van der Waals surface area contributed by atoms with Crippen molar-refractivity contribution < 1.29 is 4.74 Å². The van der Waals surface area contributed by atoms with Crippen LogP contribution in [-0.4, -0.2) is 25.8 Å². The first kappa shape index (κ1) is 18.0. The van der Waals surface area contributed by atoms with Gasteiger partial charge in [-0.3, -0.25) is 24.6 Å². The number of rotatable bonds is 5. The third-order valence-corrected chi connectivity index (χ3v) is 5.59. The number of aromatic nitrogens is 3. The zero-order valence-electron chi connectivity index (χ0n) is 14.2. The van der Waals surface area contributed by atoms with Gasteiger partial charge >= 0.3 is 4.87 Å². The number of nitrogens with zero attached hydrogens (tertiary/aromatic N) is 2. The van der Waals surface area contributed by atoms with Crippen LogP contribution >= 0.6 is 11.3 Å². The van der Waals surface area contributed by atoms with E-state index in [9.17, 15) is 9.59 Å². The number of aromatic amines is 1. The van der Waals surface area contributed by atoms with E-state index in [2.05, 4.69) is 15.4 Å². The number of hydrogen-bond acceptors (Lipinski definition) is 9. The summed E-state index contributed by atoms with van der Waals surface area (Å²) in [6.45, 7) is 3.92. The first-order chi connectivity index (χ1) is 11.8. The SMILES string of the molecule is CCC[C@]1(N)C[C@@](N)(CC)[C@H](n2c(=O)sc3c(=O)[nH]c(NN)nc32)O1. The Morgan fingerprint density at radius 3 is 2.76 bits per heavy atom. The first-order valence-corrected chi connectivity index (χ1v) is 8.96. The minimum atomic E-state index is -0.923. The number of nitrogen functional groups attached to an aromatic ring is 1. The monoisotopic (exact) mass is 369 g/mol. The Labute approximate surface area is 147 Å². The summed E-state index contributed by atoms with van der Waals surface area (Å²) in [4.78, 5) is 31.1. The van der Waals surface area contributed by atoms with Crippen molar-refractivity contribution in [3.63, 3.8) is 0 Å². The van der Waals surface area contributed by atoms with E-state index in [0.717, 1.165) is 17.8 Å². The second kappa shape index (κ2) is 6.18. The lowest BCUT2D eigenvalue weighted by Crippen LogP contribution is -2.47. The predicted octanol–water partition coefficient (Wildman–Crippen LogP) is -0.0866. The molecular weight excluding hydrogens is 346 g/mol. The van der Waals surface area contributed by atoms with Crippen LogP contribution in [0.2, 0.25) is 0 Å². The Hall–Kier alpha value is -1.79. The van der Waals surface area contributed by atoms with Gasteiger partial charge in [0.05, 0.1) is 5.54 Å². The fourth-order valence-electron chi connectivity index (χ4n) is 3.41. The molecule has 0 spiro atoms. The van der Waals surface area contributed by atoms with Crippen molar-refractivity contribution in [3.05, 3.63) is 20.0 Å². The van der Waals surface area contributed by atoms with E-state index in [-0.39, 0.29) is 21.2 Å². The highest BCUT2D eigenvalue weighted by Gasteiger charge is 2.52. The standard InChI is InChI=1S/C14H23N7O3S/c1-3-5-14(16)6-13(15,4-2)10(24-14)21-8-7(25-12(21)23)9(22)19-11(18-8)20-17/h10H,3-6,15-17H2,1-2H3,(H2,18,19,20,22)/t10-,13+,14-/m1/s1. The Kier molecular flexibility index (Phi) is 4.45. The summed E-state index contributed by atoms with van der Waals surface area (Å²) < 4.78 is 7.58. The number of hydrogen-bond donors (Lipinski definition) is 5. The van der Waals surface area contributed by atoms with E-state index in [0.29, 0.717) is 19.3 Å². The number of hydrazine groups is 1. The van der Waals surface area contributed by atoms with Crippen LogP contribution in [0.1, 0.15) is 45.8 Å². The largest absolute Gasteiger partial charge is 0.335 e. The van der Waals surface area contributed by atoms with Crippen LogP contribution < -0.4 is 33.2 Å². The van der Waals surface area contributed by atoms with Crippen molar-refractivity contribution in [1.29, 1.82) is 0 Å². The molecule has 0 saturated carbocycles. The van der Waals surface area contributed by atoms with Crippen molar-refractivity contribution in [2.24, 2.45) is 17.3 Å². The number of ether oxygens (including phenoxy) is 1. The van der Waals surface area contributed by atoms with Gasteiger partial charge in [0.25, 0.3) is 5.56 Å². The average molecular weight is 369 g/mol. The Balaban J connectivity index is 2.21. The maximum Gasteiger partial charge on any atom is 0.311 e. The highest BCUT2D eigenvalue weighted by Crippen LogP contribution is 2.44. The molecule has 11 heteroatoms. The van der Waals surface area contributed by atoms with Crippen LogP contribution in [0.5, 0.6) is 0 Å². The molecule has 3 rings (SSSR count). The number of thiazole rings is 1. The van der Waals surface area contributed by atoms with Crippen LogP contribution in [0.3, 0.4) is 0 Å². The van der Waals surface area contributed by atoms with Gasteiger partial charge < -0.3 is 16.2 Å². The Morgan fingerprint density at radius 1 is 1.44 bits per heavy atom. The second-order valence-corrected chi connectivity index (χ2v) is 7.46. The quantitative estimate of drug-likeness (QED) is 0.360. The minimum absolute atomic E-state index is 0.0498. The van der Waals surface area contributed by atoms with Crippen LogP contribution in [0, 0.1) is 0 Å². The number of nitrogens with two attached hydrogens (primary N) is 3. The van der Waals surface area contributed by atoms with Crippen LogP contribution in [0.4, 0.5) is 5.95 Å². The third-order valence-electron chi connectivity index (χ3n) is 4.64. The van der Waals surface area contributed by atoms with Gasteiger partial charge in [-0.25, -0.2) is 5.84 Å². The molecule has 25 heavy (non-hydrogen) atoms. The number of H-pyrrole nitrogens is 1. The fraction of sp³-hybridized carbons (Fsp3) is 0.643. The number of anilines is 1. The van der Waals surface area contributed by atoms with Crippen LogP contribution in [0.15, 0.2) is 9.59 Å². The maximum absolute atomic E-state index is 12.6. The lowest BCUT2D eigenvalue weighted by molar-refractivity contribution is -0.0819. The topological polar surface area (TPSA) is 167 Å². The van der Waals surface area contributed by atoms with Gasteiger partial charge in [-0.15, -0.1) is 0 Å². The van der Waals surface area contributed by atoms with E-state index >= 15 is 0 Å². The van der Waals surface area contributed by atoms with Gasteiger partial charge in [-0.05, 0) is 12.8 Å². The van der Waals surface area contributed by atoms with E-state index in [4.69, 9.17) is 22.0 Å². The zero-order valence-corrected chi connectivity index (χ0v) is 15.0. The number of nitrogens with one attached hydrogen (secondary N) is 2. The molecule has 0 aromatic carbocycles. The van der Waals surface area contributed by atoms with Gasteiger partial charge in [-0.1, -0.05) is 31.6 Å². The predicted molar refractivity (Wildman–Crippen MR) is 96.1 cm³/mol. The van der Waals surface area contributed by atoms with E-state index < -0.39 is 23.1 Å². The van der Waals surface area contributed by atoms with Crippen LogP contribution in [0.25, 0.3) is 10.3 Å². The summed E-state index contributed by atoms with van der Waals surface area (Å²) in [5.41, 5.74) is 13.2. The van der Waals surface area contributed by atoms with E-state index in [1.54, 1.807) is 0 Å². The fourth-order valence-corrected chi connectivity index (χ4v) is 4.24. The summed E-state index contributed by atoms with van der Waals surface area (Å²) in [7, 11) is 0. The molecule has 0 radical (unpaired) electrons. The molecule has 0 amide bonds. The normalized spacial score (nSPS) is 29.4. The Morgan fingerprint density at radius 2 is 2.16 bits per heavy atom. The van der Waals surface area contributed by atoms with Crippen molar-refractivity contribution in [2.45, 2.75) is 57.0 Å². The molecule has 0 bridgehead atoms. The molecule has 2 aromatic heterocycles. The summed E-state index contributed by atoms with van der Waals surface area (Å²) in [5, 5.41) is 0. The lowest BCUT2D eigenvalue weighted by Gasteiger charge is -2.28. The number of fused-ring (bicyclic) bond motifs is 1. The van der Waals surface area contributed by atoms with Crippen molar-refractivity contribution in [2.75, 3.05) is 5.43 Å². The molecule has 1 fully saturated rings. The zero-order chi connectivity index (χ0) is 18.4. The second-order valence-electron chi connectivity index (χ2n) is 6.50. The van der Waals surface area contributed by atoms with Gasteiger partial charge in [0.15, 0.2) is 11.9 Å². The maximum atomic E-state index is 12.6. The third kappa shape index (κ3) is 2.87. The Bertz CT molecular complexity index is 906. The summed E-state index contributed by atoms with van der Waals surface area (Å²) in [6, 6.07) is 0. The summed E-state index contributed by atoms with van der Waals surface area (Å²) >= 11 is 0.792. The first-order valence-electron chi connectivity index (χ1n) is 8.14. The molecule has 3 heterocycles. The van der Waals surface area contributed by atoms with E-state index in [1.165, 1.54) is 4.57 Å². The van der Waals surface area contributed by atoms with Gasteiger partial charge in [0, 0.05) is 6.42 Å². The van der Waals surface area contributed by atoms with Gasteiger partial charge in [0.1, 0.15) is 10.4 Å².